The predicted octanol–water partition coefficient (Wildman–Crippen LogP) is 8.24. The van der Waals surface area contributed by atoms with Crippen LogP contribution < -0.4 is 10.5 Å². The van der Waals surface area contributed by atoms with Crippen molar-refractivity contribution in [3.63, 3.8) is 0 Å². The summed E-state index contributed by atoms with van der Waals surface area (Å²) in [4.78, 5) is 13.6. The van der Waals surface area contributed by atoms with Crippen LogP contribution in [0.1, 0.15) is 87.1 Å². The van der Waals surface area contributed by atoms with Crippen molar-refractivity contribution in [2.45, 2.75) is 108 Å². The summed E-state index contributed by atoms with van der Waals surface area (Å²) in [6, 6.07) is 16.1. The van der Waals surface area contributed by atoms with Crippen LogP contribution in [0, 0.1) is 5.41 Å². The standard InChI is InChI=1S/C34H48INO5/c1-30(2,35)21-34(9,33(7,8)36)29(38)41-32(5,6)22-31(3,4)40-26-17-16-25-19-27(39-28(25)20-26)24-14-12-23(13-15-24)11-10-18-37/h12-17,19-20,37H,10-11,18,21-22,36H2,1-9H3. The lowest BCUT2D eigenvalue weighted by Crippen LogP contribution is -2.57. The molecule has 0 spiro atoms. The van der Waals surface area contributed by atoms with E-state index >= 15 is 0 Å². The Kier molecular flexibility index (Phi) is 9.98. The second kappa shape index (κ2) is 12.3. The first-order chi connectivity index (χ1) is 18.7. The molecule has 3 rings (SSSR count). The smallest absolute Gasteiger partial charge is 0.314 e. The summed E-state index contributed by atoms with van der Waals surface area (Å²) in [5.74, 6) is 1.18. The highest BCUT2D eigenvalue weighted by atomic mass is 127. The molecule has 0 saturated carbocycles. The molecule has 0 aliphatic rings. The maximum Gasteiger partial charge on any atom is 0.314 e. The molecule has 0 aliphatic heterocycles. The topological polar surface area (TPSA) is 94.9 Å². The zero-order valence-electron chi connectivity index (χ0n) is 26.2. The second-order valence-electron chi connectivity index (χ2n) is 14.0. The molecule has 6 nitrogen and oxygen atoms in total. The van der Waals surface area contributed by atoms with Gasteiger partial charge in [0.05, 0.1) is 5.41 Å². The molecule has 0 fully saturated rings. The van der Waals surface area contributed by atoms with Crippen LogP contribution in [0.2, 0.25) is 0 Å². The van der Waals surface area contributed by atoms with Gasteiger partial charge in [-0.15, -0.1) is 0 Å². The first-order valence-electron chi connectivity index (χ1n) is 14.4. The van der Waals surface area contributed by atoms with E-state index < -0.39 is 22.2 Å². The number of aliphatic hydroxyl groups is 1. The van der Waals surface area contributed by atoms with E-state index in [2.05, 4.69) is 48.6 Å². The molecule has 7 heteroatoms. The number of aryl methyl sites for hydroxylation is 1. The maximum absolute atomic E-state index is 13.6. The van der Waals surface area contributed by atoms with Crippen LogP contribution in [0.4, 0.5) is 0 Å². The molecule has 226 valence electrons. The number of ether oxygens (including phenoxy) is 2. The molecule has 2 aromatic carbocycles. The number of hydrogen-bond acceptors (Lipinski definition) is 6. The molecule has 1 heterocycles. The van der Waals surface area contributed by atoms with Crippen LogP contribution in [-0.4, -0.2) is 37.8 Å². The van der Waals surface area contributed by atoms with Crippen molar-refractivity contribution < 1.29 is 23.8 Å². The van der Waals surface area contributed by atoms with Gasteiger partial charge < -0.3 is 24.7 Å². The number of esters is 1. The minimum atomic E-state index is -0.859. The van der Waals surface area contributed by atoms with Crippen molar-refractivity contribution in [3.8, 4) is 17.1 Å². The number of alkyl halides is 1. The predicted molar refractivity (Wildman–Crippen MR) is 176 cm³/mol. The van der Waals surface area contributed by atoms with Gasteiger partial charge >= 0.3 is 5.97 Å². The summed E-state index contributed by atoms with van der Waals surface area (Å²) in [5, 5.41) is 10.1. The normalized spacial score (nSPS) is 14.6. The molecule has 0 bridgehead atoms. The Hall–Kier alpha value is -2.10. The summed E-state index contributed by atoms with van der Waals surface area (Å²) >= 11 is 2.36. The Bertz CT molecular complexity index is 1330. The van der Waals surface area contributed by atoms with Crippen molar-refractivity contribution in [2.75, 3.05) is 6.61 Å². The van der Waals surface area contributed by atoms with Crippen LogP contribution in [0.5, 0.6) is 5.75 Å². The lowest BCUT2D eigenvalue weighted by Gasteiger charge is -2.45. The molecule has 0 radical (unpaired) electrons. The lowest BCUT2D eigenvalue weighted by molar-refractivity contribution is -0.176. The van der Waals surface area contributed by atoms with Gasteiger partial charge in [-0.25, -0.2) is 0 Å². The Balaban J connectivity index is 1.73. The molecule has 0 aliphatic carbocycles. The average Bonchev–Trinajstić information content (AvgIpc) is 3.23. The Morgan fingerprint density at radius 1 is 0.902 bits per heavy atom. The van der Waals surface area contributed by atoms with Crippen LogP contribution in [0.3, 0.4) is 0 Å². The van der Waals surface area contributed by atoms with Gasteiger partial charge in [0.25, 0.3) is 0 Å². The number of rotatable bonds is 13. The van der Waals surface area contributed by atoms with E-state index in [9.17, 15) is 4.79 Å². The minimum absolute atomic E-state index is 0.122. The van der Waals surface area contributed by atoms with Crippen LogP contribution in [-0.2, 0) is 16.0 Å². The van der Waals surface area contributed by atoms with E-state index in [-0.39, 0.29) is 16.0 Å². The van der Waals surface area contributed by atoms with Gasteiger partial charge in [-0.3, -0.25) is 4.79 Å². The van der Waals surface area contributed by atoms with Crippen LogP contribution in [0.25, 0.3) is 22.3 Å². The summed E-state index contributed by atoms with van der Waals surface area (Å²) in [6.07, 6.45) is 2.68. The Morgan fingerprint density at radius 3 is 2.10 bits per heavy atom. The monoisotopic (exact) mass is 677 g/mol. The number of aliphatic hydroxyl groups excluding tert-OH is 1. The molecule has 3 aromatic rings. The molecule has 41 heavy (non-hydrogen) atoms. The largest absolute Gasteiger partial charge is 0.488 e. The molecular weight excluding hydrogens is 629 g/mol. The van der Waals surface area contributed by atoms with E-state index in [1.165, 1.54) is 5.56 Å². The number of carbonyl (C=O) groups is 1. The fourth-order valence-corrected chi connectivity index (χ4v) is 6.28. The minimum Gasteiger partial charge on any atom is -0.488 e. The third-order valence-corrected chi connectivity index (χ3v) is 8.00. The third kappa shape index (κ3) is 8.94. The first-order valence-corrected chi connectivity index (χ1v) is 15.5. The zero-order valence-corrected chi connectivity index (χ0v) is 28.3. The van der Waals surface area contributed by atoms with Crippen molar-refractivity contribution in [2.24, 2.45) is 11.1 Å². The molecule has 1 aromatic heterocycles. The number of benzene rings is 2. The van der Waals surface area contributed by atoms with E-state index in [1.807, 2.05) is 84.9 Å². The SMILES string of the molecule is CC(C)(I)CC(C)(C(=O)OC(C)(C)CC(C)(C)Oc1ccc2cc(-c3ccc(CCCO)cc3)oc2c1)C(C)(C)N. The molecule has 1 unspecified atom stereocenters. The first kappa shape index (κ1) is 33.4. The highest BCUT2D eigenvalue weighted by Crippen LogP contribution is 2.43. The second-order valence-corrected chi connectivity index (χ2v) is 16.9. The zero-order chi connectivity index (χ0) is 30.9. The number of fused-ring (bicyclic) bond motifs is 1. The van der Waals surface area contributed by atoms with Crippen molar-refractivity contribution in [1.29, 1.82) is 0 Å². The fourth-order valence-electron chi connectivity index (χ4n) is 5.52. The van der Waals surface area contributed by atoms with Gasteiger partial charge in [-0.2, -0.15) is 0 Å². The number of halogens is 1. The van der Waals surface area contributed by atoms with Gasteiger partial charge in [-0.1, -0.05) is 60.7 Å². The summed E-state index contributed by atoms with van der Waals surface area (Å²) in [6.45, 7) is 17.9. The van der Waals surface area contributed by atoms with E-state index in [4.69, 9.17) is 24.7 Å². The van der Waals surface area contributed by atoms with Crippen molar-refractivity contribution in [3.05, 3.63) is 54.1 Å². The lowest BCUT2D eigenvalue weighted by atomic mass is 9.68. The quantitative estimate of drug-likeness (QED) is 0.108. The van der Waals surface area contributed by atoms with Gasteiger partial charge in [0, 0.05) is 39.0 Å². The van der Waals surface area contributed by atoms with E-state index in [0.717, 1.165) is 35.1 Å². The van der Waals surface area contributed by atoms with Crippen molar-refractivity contribution >= 4 is 39.5 Å². The molecule has 0 amide bonds. The summed E-state index contributed by atoms with van der Waals surface area (Å²) in [7, 11) is 0. The molecule has 1 atom stereocenters. The van der Waals surface area contributed by atoms with Gasteiger partial charge in [-0.05, 0) is 91.5 Å². The molecule has 0 saturated heterocycles. The van der Waals surface area contributed by atoms with Gasteiger partial charge in [0.15, 0.2) is 0 Å². The number of nitrogens with two attached hydrogens (primary N) is 1. The Morgan fingerprint density at radius 2 is 1.54 bits per heavy atom. The molecular formula is C34H48INO5. The Labute approximate surface area is 259 Å². The van der Waals surface area contributed by atoms with Gasteiger partial charge in [0.1, 0.15) is 28.3 Å². The van der Waals surface area contributed by atoms with E-state index in [0.29, 0.717) is 18.6 Å². The third-order valence-electron chi connectivity index (χ3n) is 7.61. The fraction of sp³-hybridized carbons (Fsp3) is 0.559. The van der Waals surface area contributed by atoms with Crippen LogP contribution in [0.15, 0.2) is 52.9 Å². The van der Waals surface area contributed by atoms with Crippen molar-refractivity contribution in [1.82, 2.24) is 0 Å². The highest BCUT2D eigenvalue weighted by molar-refractivity contribution is 14.1. The number of furan rings is 1. The maximum atomic E-state index is 13.6. The van der Waals surface area contributed by atoms with Crippen LogP contribution >= 0.6 is 22.6 Å². The van der Waals surface area contributed by atoms with Gasteiger partial charge in [0.2, 0.25) is 0 Å². The highest BCUT2D eigenvalue weighted by Gasteiger charge is 2.50. The summed E-state index contributed by atoms with van der Waals surface area (Å²) in [5.41, 5.74) is 6.43. The number of carbonyl (C=O) groups excluding carboxylic acids is 1. The van der Waals surface area contributed by atoms with E-state index in [1.54, 1.807) is 0 Å². The molecule has 3 N–H and O–H groups in total. The number of hydrogen-bond donors (Lipinski definition) is 2. The summed E-state index contributed by atoms with van der Waals surface area (Å²) < 4.78 is 18.7. The average molecular weight is 678 g/mol.